The maximum absolute atomic E-state index is 11.5. The van der Waals surface area contributed by atoms with Gasteiger partial charge >= 0.3 is 0 Å². The summed E-state index contributed by atoms with van der Waals surface area (Å²) < 4.78 is 28.7. The molecule has 1 aromatic carbocycles. The van der Waals surface area contributed by atoms with Crippen LogP contribution in [0.1, 0.15) is 11.8 Å². The van der Waals surface area contributed by atoms with Gasteiger partial charge in [0.25, 0.3) is 0 Å². The van der Waals surface area contributed by atoms with Gasteiger partial charge in [-0.15, -0.1) is 11.3 Å². The number of thiazole rings is 1. The molecule has 1 N–H and O–H groups in total. The summed E-state index contributed by atoms with van der Waals surface area (Å²) in [5.74, 6) is 0.791. The van der Waals surface area contributed by atoms with E-state index in [2.05, 4.69) is 15.4 Å². The Morgan fingerprint density at radius 1 is 1.11 bits per heavy atom. The van der Waals surface area contributed by atoms with Gasteiger partial charge in [0.05, 0.1) is 11.1 Å². The number of aromatic nitrogens is 2. The van der Waals surface area contributed by atoms with Gasteiger partial charge in [0, 0.05) is 24.1 Å². The van der Waals surface area contributed by atoms with Crippen LogP contribution in [0.4, 0.5) is 0 Å². The molecule has 0 radical (unpaired) electrons. The number of nitrogens with one attached hydrogen (secondary N) is 1. The fourth-order valence-electron chi connectivity index (χ4n) is 2.63. The van der Waals surface area contributed by atoms with Gasteiger partial charge in [0.1, 0.15) is 10.8 Å². The average Bonchev–Trinajstić information content (AvgIpc) is 3.31. The zero-order chi connectivity index (χ0) is 19.8. The third-order valence-corrected chi connectivity index (χ3v) is 6.37. The fourth-order valence-corrected chi connectivity index (χ4v) is 4.16. The first-order valence-electron chi connectivity index (χ1n) is 8.36. The highest BCUT2D eigenvalue weighted by Crippen LogP contribution is 2.37. The van der Waals surface area contributed by atoms with Crippen LogP contribution in [0.2, 0.25) is 0 Å². The maximum atomic E-state index is 11.5. The van der Waals surface area contributed by atoms with E-state index in [0.717, 1.165) is 21.7 Å². The van der Waals surface area contributed by atoms with Crippen LogP contribution >= 0.6 is 11.3 Å². The number of nitrogens with zero attached hydrogens (tertiary/aromatic N) is 2. The molecule has 0 fully saturated rings. The molecule has 0 aliphatic carbocycles. The van der Waals surface area contributed by atoms with Crippen molar-refractivity contribution in [3.05, 3.63) is 71.7 Å². The van der Waals surface area contributed by atoms with Crippen LogP contribution in [0.15, 0.2) is 71.8 Å². The third kappa shape index (κ3) is 3.77. The van der Waals surface area contributed by atoms with Crippen molar-refractivity contribution < 1.29 is 18.0 Å². The van der Waals surface area contributed by atoms with Crippen molar-refractivity contribution in [3.63, 3.8) is 0 Å². The number of hydrogen-bond donors (Lipinski definition) is 1. The molecule has 0 saturated carbocycles. The lowest BCUT2D eigenvalue weighted by Gasteiger charge is -2.16. The quantitative estimate of drug-likeness (QED) is 0.684. The average molecular weight is 415 g/mol. The minimum Gasteiger partial charge on any atom is -0.438 e. The molecule has 0 bridgehead atoms. The van der Waals surface area contributed by atoms with E-state index in [1.54, 1.807) is 18.3 Å². The zero-order valence-electron chi connectivity index (χ0n) is 15.1. The molecule has 9 heteroatoms. The second kappa shape index (κ2) is 7.01. The van der Waals surface area contributed by atoms with E-state index in [0.29, 0.717) is 11.6 Å². The summed E-state index contributed by atoms with van der Waals surface area (Å²) in [4.78, 5) is 15.0. The molecule has 3 heterocycles. The summed E-state index contributed by atoms with van der Waals surface area (Å²) >= 11 is 1.54. The van der Waals surface area contributed by atoms with Gasteiger partial charge in [0.15, 0.2) is 20.5 Å². The van der Waals surface area contributed by atoms with Crippen molar-refractivity contribution in [3.8, 4) is 16.3 Å². The molecule has 28 heavy (non-hydrogen) atoms. The van der Waals surface area contributed by atoms with E-state index in [-0.39, 0.29) is 5.03 Å². The van der Waals surface area contributed by atoms with Gasteiger partial charge in [-0.25, -0.2) is 23.9 Å². The number of hydroxylamine groups is 1. The summed E-state index contributed by atoms with van der Waals surface area (Å²) in [5, 5.41) is 0.899. The highest BCUT2D eigenvalue weighted by molar-refractivity contribution is 7.90. The Morgan fingerprint density at radius 2 is 1.89 bits per heavy atom. The van der Waals surface area contributed by atoms with Crippen molar-refractivity contribution in [1.82, 2.24) is 15.4 Å². The van der Waals surface area contributed by atoms with E-state index in [9.17, 15) is 8.42 Å². The van der Waals surface area contributed by atoms with E-state index in [1.165, 1.54) is 23.6 Å². The molecule has 144 valence electrons. The second-order valence-electron chi connectivity index (χ2n) is 6.42. The predicted octanol–water partition coefficient (Wildman–Crippen LogP) is 3.28. The molecule has 4 rings (SSSR count). The number of rotatable bonds is 5. The second-order valence-corrected chi connectivity index (χ2v) is 9.42. The molecule has 1 aliphatic rings. The molecule has 1 aliphatic heterocycles. The standard InChI is InChI=1S/C19H17N3O4S2/c1-19(15-12-21-18(27-15)13-6-4-3-5-7-13)10-16(22-26-19)25-14-8-9-17(20-11-14)28(2,23)24/h3-12,22H,1-2H3/t19-/m1/s1. The largest absolute Gasteiger partial charge is 0.438 e. The summed E-state index contributed by atoms with van der Waals surface area (Å²) in [5.41, 5.74) is 3.07. The van der Waals surface area contributed by atoms with Gasteiger partial charge in [-0.05, 0) is 19.1 Å². The van der Waals surface area contributed by atoms with Crippen LogP contribution in [0.3, 0.4) is 0 Å². The molecule has 2 aromatic heterocycles. The van der Waals surface area contributed by atoms with Gasteiger partial charge in [-0.3, -0.25) is 4.84 Å². The van der Waals surface area contributed by atoms with E-state index in [1.807, 2.05) is 37.3 Å². The van der Waals surface area contributed by atoms with Crippen molar-refractivity contribution in [2.75, 3.05) is 6.26 Å². The van der Waals surface area contributed by atoms with E-state index < -0.39 is 15.4 Å². The molecule has 7 nitrogen and oxygen atoms in total. The number of sulfone groups is 1. The highest BCUT2D eigenvalue weighted by atomic mass is 32.2. The van der Waals surface area contributed by atoms with Crippen LogP contribution in [-0.4, -0.2) is 24.6 Å². The Labute approximate surface area is 166 Å². The van der Waals surface area contributed by atoms with E-state index >= 15 is 0 Å². The summed E-state index contributed by atoms with van der Waals surface area (Å²) in [6, 6.07) is 12.9. The smallest absolute Gasteiger partial charge is 0.216 e. The van der Waals surface area contributed by atoms with Crippen LogP contribution in [0.25, 0.3) is 10.6 Å². The molecule has 3 aromatic rings. The van der Waals surface area contributed by atoms with E-state index in [4.69, 9.17) is 9.57 Å². The Balaban J connectivity index is 1.52. The number of benzene rings is 1. The Hall–Kier alpha value is -2.75. The normalized spacial score (nSPS) is 19.1. The minimum absolute atomic E-state index is 0.00704. The Kier molecular flexibility index (Phi) is 4.66. The lowest BCUT2D eigenvalue weighted by atomic mass is 10.1. The maximum Gasteiger partial charge on any atom is 0.216 e. The first-order valence-corrected chi connectivity index (χ1v) is 11.1. The molecule has 0 saturated heterocycles. The van der Waals surface area contributed by atoms with Gasteiger partial charge in [-0.1, -0.05) is 30.3 Å². The van der Waals surface area contributed by atoms with Crippen molar-refractivity contribution in [2.45, 2.75) is 17.6 Å². The summed E-state index contributed by atoms with van der Waals surface area (Å²) in [6.07, 6.45) is 6.06. The van der Waals surface area contributed by atoms with Crippen molar-refractivity contribution in [2.24, 2.45) is 0 Å². The molecular weight excluding hydrogens is 398 g/mol. The topological polar surface area (TPSA) is 90.4 Å². The first kappa shape index (κ1) is 18.6. The van der Waals surface area contributed by atoms with Crippen LogP contribution in [-0.2, 0) is 20.3 Å². The summed E-state index contributed by atoms with van der Waals surface area (Å²) in [7, 11) is -3.35. The molecule has 0 amide bonds. The van der Waals surface area contributed by atoms with Crippen LogP contribution < -0.4 is 10.2 Å². The van der Waals surface area contributed by atoms with Gasteiger partial charge < -0.3 is 4.74 Å². The van der Waals surface area contributed by atoms with Crippen molar-refractivity contribution >= 4 is 21.2 Å². The van der Waals surface area contributed by atoms with Crippen LogP contribution in [0.5, 0.6) is 5.75 Å². The van der Waals surface area contributed by atoms with Crippen molar-refractivity contribution in [1.29, 1.82) is 0 Å². The SMILES string of the molecule is C[C@]1(c2cnc(-c3ccccc3)s2)C=C(Oc2ccc(S(C)(=O)=O)nc2)NO1. The van der Waals surface area contributed by atoms with Gasteiger partial charge in [0.2, 0.25) is 5.88 Å². The number of hydrogen-bond acceptors (Lipinski definition) is 8. The van der Waals surface area contributed by atoms with Gasteiger partial charge in [-0.2, -0.15) is 0 Å². The lowest BCUT2D eigenvalue weighted by molar-refractivity contribution is -0.0381. The first-order chi connectivity index (χ1) is 13.3. The molecule has 0 spiro atoms. The monoisotopic (exact) mass is 415 g/mol. The highest BCUT2D eigenvalue weighted by Gasteiger charge is 2.35. The third-order valence-electron chi connectivity index (χ3n) is 4.10. The van der Waals surface area contributed by atoms with Crippen LogP contribution in [0, 0.1) is 0 Å². The fraction of sp³-hybridized carbons (Fsp3) is 0.158. The predicted molar refractivity (Wildman–Crippen MR) is 105 cm³/mol. The Morgan fingerprint density at radius 3 is 2.57 bits per heavy atom. The minimum atomic E-state index is -3.35. The molecule has 0 unspecified atom stereocenters. The zero-order valence-corrected chi connectivity index (χ0v) is 16.8. The molecular formula is C19H17N3O4S2. The molecule has 1 atom stereocenters. The number of pyridine rings is 1. The lowest BCUT2D eigenvalue weighted by Crippen LogP contribution is -2.22. The number of ether oxygens (including phenoxy) is 1. The summed E-state index contributed by atoms with van der Waals surface area (Å²) in [6.45, 7) is 1.91. The Bertz CT molecular complexity index is 1130.